The molecule has 0 fully saturated rings. The molecule has 0 saturated heterocycles. The number of rotatable bonds is 9. The van der Waals surface area contributed by atoms with E-state index in [2.05, 4.69) is 65.2 Å². The van der Waals surface area contributed by atoms with Crippen LogP contribution in [0.25, 0.3) is 0 Å². The van der Waals surface area contributed by atoms with Crippen molar-refractivity contribution in [1.29, 1.82) is 0 Å². The van der Waals surface area contributed by atoms with Crippen molar-refractivity contribution in [2.75, 3.05) is 13.1 Å². The van der Waals surface area contributed by atoms with Crippen LogP contribution in [-0.2, 0) is 13.1 Å². The van der Waals surface area contributed by atoms with Crippen molar-refractivity contribution >= 4 is 0 Å². The molecule has 0 bridgehead atoms. The van der Waals surface area contributed by atoms with Crippen LogP contribution in [0.3, 0.4) is 0 Å². The van der Waals surface area contributed by atoms with E-state index in [0.717, 1.165) is 32.0 Å². The molecular formula is C22H35N5. The number of imidazole rings is 1. The molecule has 2 aromatic heterocycles. The van der Waals surface area contributed by atoms with Crippen LogP contribution in [0.1, 0.15) is 62.5 Å². The van der Waals surface area contributed by atoms with Gasteiger partial charge in [0.25, 0.3) is 0 Å². The molecule has 1 unspecified atom stereocenters. The van der Waals surface area contributed by atoms with Gasteiger partial charge in [-0.1, -0.05) is 12.2 Å². The van der Waals surface area contributed by atoms with Crippen LogP contribution in [-0.4, -0.2) is 37.3 Å². The van der Waals surface area contributed by atoms with E-state index >= 15 is 0 Å². The number of aromatic nitrogens is 4. The van der Waals surface area contributed by atoms with Crippen molar-refractivity contribution in [3.8, 4) is 0 Å². The van der Waals surface area contributed by atoms with E-state index in [1.807, 2.05) is 12.5 Å². The van der Waals surface area contributed by atoms with Gasteiger partial charge in [0.1, 0.15) is 0 Å². The largest absolute Gasteiger partial charge is 0.337 e. The fourth-order valence-electron chi connectivity index (χ4n) is 4.17. The lowest BCUT2D eigenvalue weighted by Gasteiger charge is -2.28. The molecule has 0 amide bonds. The van der Waals surface area contributed by atoms with Gasteiger partial charge in [-0.25, -0.2) is 4.98 Å². The van der Waals surface area contributed by atoms with Crippen LogP contribution >= 0.6 is 0 Å². The van der Waals surface area contributed by atoms with Crippen LogP contribution in [0, 0.1) is 19.8 Å². The third kappa shape index (κ3) is 5.32. The molecule has 1 aliphatic carbocycles. The fourth-order valence-corrected chi connectivity index (χ4v) is 4.17. The molecule has 0 N–H and O–H groups in total. The molecule has 1 atom stereocenters. The normalized spacial score (nSPS) is 17.3. The summed E-state index contributed by atoms with van der Waals surface area (Å²) in [6.45, 7) is 13.1. The van der Waals surface area contributed by atoms with Crippen molar-refractivity contribution in [3.05, 3.63) is 47.8 Å². The molecule has 0 saturated carbocycles. The number of nitrogens with zero attached hydrogens (tertiary/aromatic N) is 5. The quantitative estimate of drug-likeness (QED) is 0.610. The van der Waals surface area contributed by atoms with E-state index < -0.39 is 0 Å². The zero-order valence-electron chi connectivity index (χ0n) is 17.4. The third-order valence-corrected chi connectivity index (χ3v) is 5.69. The third-order valence-electron chi connectivity index (χ3n) is 5.69. The summed E-state index contributed by atoms with van der Waals surface area (Å²) in [5.74, 6) is 0.781. The van der Waals surface area contributed by atoms with Gasteiger partial charge in [0, 0.05) is 55.9 Å². The molecule has 0 spiro atoms. The SMILES string of the molecule is Cc1nn(C(C)C)c(C)c1CN(CCCn1ccnc1)CC1CC=CCC1. The zero-order chi connectivity index (χ0) is 19.2. The van der Waals surface area contributed by atoms with Gasteiger partial charge in [-0.05, 0) is 59.3 Å². The lowest BCUT2D eigenvalue weighted by Crippen LogP contribution is -2.31. The minimum atomic E-state index is 0.413. The van der Waals surface area contributed by atoms with Crippen molar-refractivity contribution < 1.29 is 0 Å². The Morgan fingerprint density at radius 3 is 2.74 bits per heavy atom. The smallest absolute Gasteiger partial charge is 0.0945 e. The molecule has 0 aliphatic heterocycles. The van der Waals surface area contributed by atoms with Crippen molar-refractivity contribution in [3.63, 3.8) is 0 Å². The maximum Gasteiger partial charge on any atom is 0.0945 e. The highest BCUT2D eigenvalue weighted by molar-refractivity contribution is 5.24. The second-order valence-electron chi connectivity index (χ2n) is 8.23. The Morgan fingerprint density at radius 2 is 2.11 bits per heavy atom. The Balaban J connectivity index is 1.67. The number of hydrogen-bond donors (Lipinski definition) is 0. The average molecular weight is 370 g/mol. The first-order valence-electron chi connectivity index (χ1n) is 10.4. The molecule has 1 aliphatic rings. The average Bonchev–Trinajstić information content (AvgIpc) is 3.26. The summed E-state index contributed by atoms with van der Waals surface area (Å²) in [6.07, 6.45) is 15.4. The van der Waals surface area contributed by atoms with Gasteiger partial charge in [-0.3, -0.25) is 9.58 Å². The summed E-state index contributed by atoms with van der Waals surface area (Å²) in [6, 6.07) is 0.413. The first-order valence-corrected chi connectivity index (χ1v) is 10.4. The molecule has 0 aromatic carbocycles. The number of aryl methyl sites for hydroxylation is 2. The molecule has 5 heteroatoms. The molecule has 2 aromatic rings. The minimum absolute atomic E-state index is 0.413. The van der Waals surface area contributed by atoms with E-state index in [0.29, 0.717) is 6.04 Å². The Morgan fingerprint density at radius 1 is 1.26 bits per heavy atom. The van der Waals surface area contributed by atoms with Gasteiger partial charge >= 0.3 is 0 Å². The van der Waals surface area contributed by atoms with E-state index in [1.54, 1.807) is 0 Å². The van der Waals surface area contributed by atoms with Crippen LogP contribution < -0.4 is 0 Å². The summed E-state index contributed by atoms with van der Waals surface area (Å²) in [5.41, 5.74) is 3.92. The maximum atomic E-state index is 4.80. The van der Waals surface area contributed by atoms with Gasteiger partial charge in [0.15, 0.2) is 0 Å². The van der Waals surface area contributed by atoms with E-state index in [1.165, 1.54) is 42.8 Å². The lowest BCUT2D eigenvalue weighted by molar-refractivity contribution is 0.208. The Kier molecular flexibility index (Phi) is 6.89. The fraction of sp³-hybridized carbons (Fsp3) is 0.636. The van der Waals surface area contributed by atoms with Gasteiger partial charge in [0.2, 0.25) is 0 Å². The summed E-state index contributed by atoms with van der Waals surface area (Å²) in [7, 11) is 0. The predicted molar refractivity (Wildman–Crippen MR) is 111 cm³/mol. The zero-order valence-corrected chi connectivity index (χ0v) is 17.4. The highest BCUT2D eigenvalue weighted by atomic mass is 15.3. The topological polar surface area (TPSA) is 38.9 Å². The van der Waals surface area contributed by atoms with Gasteiger partial charge < -0.3 is 4.57 Å². The molecule has 0 radical (unpaired) electrons. The summed E-state index contributed by atoms with van der Waals surface area (Å²) in [5, 5.41) is 4.80. The van der Waals surface area contributed by atoms with Crippen molar-refractivity contribution in [2.24, 2.45) is 5.92 Å². The highest BCUT2D eigenvalue weighted by Gasteiger charge is 2.19. The molecule has 2 heterocycles. The molecule has 5 nitrogen and oxygen atoms in total. The lowest BCUT2D eigenvalue weighted by atomic mass is 9.93. The first kappa shape index (κ1) is 19.9. The summed E-state index contributed by atoms with van der Waals surface area (Å²) in [4.78, 5) is 6.81. The Hall–Kier alpha value is -1.88. The van der Waals surface area contributed by atoms with E-state index in [9.17, 15) is 0 Å². The second-order valence-corrected chi connectivity index (χ2v) is 8.23. The van der Waals surface area contributed by atoms with Gasteiger partial charge in [-0.15, -0.1) is 0 Å². The van der Waals surface area contributed by atoms with Gasteiger partial charge in [0.05, 0.1) is 12.0 Å². The second kappa shape index (κ2) is 9.36. The maximum absolute atomic E-state index is 4.80. The van der Waals surface area contributed by atoms with Crippen LogP contribution in [0.15, 0.2) is 30.9 Å². The van der Waals surface area contributed by atoms with Crippen LogP contribution in [0.5, 0.6) is 0 Å². The Labute approximate surface area is 164 Å². The molecule has 3 rings (SSSR count). The molecular weight excluding hydrogens is 334 g/mol. The summed E-state index contributed by atoms with van der Waals surface area (Å²) < 4.78 is 4.35. The Bertz CT molecular complexity index is 726. The van der Waals surface area contributed by atoms with Crippen molar-refractivity contribution in [1.82, 2.24) is 24.2 Å². The molecule has 27 heavy (non-hydrogen) atoms. The van der Waals surface area contributed by atoms with Gasteiger partial charge in [-0.2, -0.15) is 5.10 Å². The first-order chi connectivity index (χ1) is 13.0. The standard InChI is InChI=1S/C22H35N5/c1-18(2)27-20(4)22(19(3)24-27)16-26(15-21-9-6-5-7-10-21)13-8-12-25-14-11-23-17-25/h5-6,11,14,17-18,21H,7-10,12-13,15-16H2,1-4H3. The minimum Gasteiger partial charge on any atom is -0.337 e. The van der Waals surface area contributed by atoms with E-state index in [4.69, 9.17) is 5.10 Å². The van der Waals surface area contributed by atoms with Crippen LogP contribution in [0.4, 0.5) is 0 Å². The van der Waals surface area contributed by atoms with E-state index in [-0.39, 0.29) is 0 Å². The predicted octanol–water partition coefficient (Wildman–Crippen LogP) is 4.53. The molecule has 148 valence electrons. The van der Waals surface area contributed by atoms with Crippen LogP contribution in [0.2, 0.25) is 0 Å². The number of hydrogen-bond acceptors (Lipinski definition) is 3. The van der Waals surface area contributed by atoms with Crippen molar-refractivity contribution in [2.45, 2.75) is 72.5 Å². The number of allylic oxidation sites excluding steroid dienone is 2. The summed E-state index contributed by atoms with van der Waals surface area (Å²) >= 11 is 0. The highest BCUT2D eigenvalue weighted by Crippen LogP contribution is 2.23. The monoisotopic (exact) mass is 369 g/mol.